The van der Waals surface area contributed by atoms with Crippen molar-refractivity contribution in [2.45, 2.75) is 40.4 Å². The Bertz CT molecular complexity index is 325. The van der Waals surface area contributed by atoms with Crippen LogP contribution < -0.4 is 10.6 Å². The van der Waals surface area contributed by atoms with Gasteiger partial charge in [0.15, 0.2) is 0 Å². The first-order valence-corrected chi connectivity index (χ1v) is 7.06. The van der Waals surface area contributed by atoms with Crippen molar-refractivity contribution in [3.05, 3.63) is 35.4 Å². The van der Waals surface area contributed by atoms with Crippen LogP contribution in [0.15, 0.2) is 24.3 Å². The number of alkyl halides is 3. The van der Waals surface area contributed by atoms with Gasteiger partial charge in [0.1, 0.15) is 0 Å². The van der Waals surface area contributed by atoms with Gasteiger partial charge in [-0.2, -0.15) is 13.2 Å². The monoisotopic (exact) mass is 292 g/mol. The van der Waals surface area contributed by atoms with Crippen molar-refractivity contribution in [2.24, 2.45) is 0 Å². The highest BCUT2D eigenvalue weighted by Crippen LogP contribution is 2.31. The average Bonchev–Trinajstić information content (AvgIpc) is 2.47. The lowest BCUT2D eigenvalue weighted by Crippen LogP contribution is -2.25. The second-order valence-electron chi connectivity index (χ2n) is 3.44. The molecule has 0 aromatic heterocycles. The molecule has 0 saturated heterocycles. The molecule has 1 aromatic rings. The molecule has 118 valence electrons. The van der Waals surface area contributed by atoms with Crippen molar-refractivity contribution in [1.82, 2.24) is 10.6 Å². The number of benzene rings is 1. The van der Waals surface area contributed by atoms with Crippen LogP contribution in [0.3, 0.4) is 0 Å². The van der Waals surface area contributed by atoms with Gasteiger partial charge in [0.25, 0.3) is 0 Å². The third-order valence-electron chi connectivity index (χ3n) is 2.19. The van der Waals surface area contributed by atoms with E-state index in [1.54, 1.807) is 13.1 Å². The topological polar surface area (TPSA) is 24.1 Å². The highest BCUT2D eigenvalue weighted by atomic mass is 19.4. The molecule has 0 amide bonds. The van der Waals surface area contributed by atoms with Crippen molar-refractivity contribution >= 4 is 0 Å². The predicted octanol–water partition coefficient (Wildman–Crippen LogP) is 4.07. The number of hydrogen-bond donors (Lipinski definition) is 2. The third kappa shape index (κ3) is 8.93. The molecule has 0 aliphatic rings. The van der Waals surface area contributed by atoms with Crippen molar-refractivity contribution in [3.63, 3.8) is 0 Å². The van der Waals surface area contributed by atoms with E-state index < -0.39 is 11.7 Å². The van der Waals surface area contributed by atoms with Crippen molar-refractivity contribution in [2.75, 3.05) is 20.1 Å². The molecular formula is C15H27F3N2. The average molecular weight is 292 g/mol. The van der Waals surface area contributed by atoms with Gasteiger partial charge in [0.05, 0.1) is 5.56 Å². The minimum Gasteiger partial charge on any atom is -0.318 e. The van der Waals surface area contributed by atoms with Gasteiger partial charge in [0, 0.05) is 19.6 Å². The first kappa shape index (κ1) is 21.2. The van der Waals surface area contributed by atoms with Crippen LogP contribution in [0.25, 0.3) is 0 Å². The molecule has 0 fully saturated rings. The largest absolute Gasteiger partial charge is 0.416 e. The Balaban J connectivity index is 0. The molecule has 0 unspecified atom stereocenters. The number of nitrogens with one attached hydrogen (secondary N) is 2. The number of rotatable bonds is 5. The standard InChI is InChI=1S/C11H15F3N2.2C2H6/c1-15-6-7-16-8-9-4-2-3-5-10(9)11(12,13)14;2*1-2/h2-5,15-16H,6-8H2,1H3;2*1-2H3. The fraction of sp³-hybridized carbons (Fsp3) is 0.600. The minimum absolute atomic E-state index is 0.233. The summed E-state index contributed by atoms with van der Waals surface area (Å²) >= 11 is 0. The summed E-state index contributed by atoms with van der Waals surface area (Å²) in [5, 5.41) is 5.87. The van der Waals surface area contributed by atoms with E-state index in [0.29, 0.717) is 6.54 Å². The van der Waals surface area contributed by atoms with E-state index >= 15 is 0 Å². The van der Waals surface area contributed by atoms with E-state index in [9.17, 15) is 13.2 Å². The van der Waals surface area contributed by atoms with Gasteiger partial charge in [-0.3, -0.25) is 0 Å². The summed E-state index contributed by atoms with van der Waals surface area (Å²) in [4.78, 5) is 0. The Kier molecular flexibility index (Phi) is 13.7. The Morgan fingerprint density at radius 2 is 1.50 bits per heavy atom. The van der Waals surface area contributed by atoms with Crippen LogP contribution in [-0.2, 0) is 12.7 Å². The third-order valence-corrected chi connectivity index (χ3v) is 2.19. The molecule has 2 nitrogen and oxygen atoms in total. The van der Waals surface area contributed by atoms with Gasteiger partial charge in [-0.25, -0.2) is 0 Å². The zero-order valence-corrected chi connectivity index (χ0v) is 13.1. The van der Waals surface area contributed by atoms with Crippen LogP contribution in [0.5, 0.6) is 0 Å². The molecule has 20 heavy (non-hydrogen) atoms. The Labute approximate surface area is 120 Å². The lowest BCUT2D eigenvalue weighted by molar-refractivity contribution is -0.138. The molecule has 0 heterocycles. The summed E-state index contributed by atoms with van der Waals surface area (Å²) < 4.78 is 37.8. The van der Waals surface area contributed by atoms with Crippen LogP contribution in [0.4, 0.5) is 13.2 Å². The summed E-state index contributed by atoms with van der Waals surface area (Å²) in [7, 11) is 1.80. The molecule has 0 aliphatic carbocycles. The lowest BCUT2D eigenvalue weighted by Gasteiger charge is -2.13. The van der Waals surface area contributed by atoms with Crippen LogP contribution >= 0.6 is 0 Å². The molecular weight excluding hydrogens is 265 g/mol. The molecule has 5 heteroatoms. The van der Waals surface area contributed by atoms with Crippen LogP contribution in [0.1, 0.15) is 38.8 Å². The Morgan fingerprint density at radius 1 is 0.950 bits per heavy atom. The SMILES string of the molecule is CC.CC.CNCCNCc1ccccc1C(F)(F)F. The highest BCUT2D eigenvalue weighted by molar-refractivity contribution is 5.29. The number of halogens is 3. The molecule has 0 aliphatic heterocycles. The first-order chi connectivity index (χ1) is 9.55. The molecule has 1 aromatic carbocycles. The number of likely N-dealkylation sites (N-methyl/N-ethyl adjacent to an activating group) is 1. The van der Waals surface area contributed by atoms with Crippen molar-refractivity contribution < 1.29 is 13.2 Å². The van der Waals surface area contributed by atoms with Gasteiger partial charge < -0.3 is 10.6 Å². The van der Waals surface area contributed by atoms with E-state index in [1.165, 1.54) is 12.1 Å². The van der Waals surface area contributed by atoms with E-state index in [2.05, 4.69) is 10.6 Å². The van der Waals surface area contributed by atoms with Crippen molar-refractivity contribution in [1.29, 1.82) is 0 Å². The zero-order chi connectivity index (χ0) is 16.0. The van der Waals surface area contributed by atoms with Crippen LogP contribution in [0.2, 0.25) is 0 Å². The highest BCUT2D eigenvalue weighted by Gasteiger charge is 2.32. The van der Waals surface area contributed by atoms with Crippen LogP contribution in [0, 0.1) is 0 Å². The van der Waals surface area contributed by atoms with Gasteiger partial charge in [0.2, 0.25) is 0 Å². The van der Waals surface area contributed by atoms with E-state index in [4.69, 9.17) is 0 Å². The minimum atomic E-state index is -4.28. The normalized spacial score (nSPS) is 10.0. The Morgan fingerprint density at radius 3 is 2.00 bits per heavy atom. The fourth-order valence-corrected chi connectivity index (χ4v) is 1.39. The maximum Gasteiger partial charge on any atom is 0.416 e. The van der Waals surface area contributed by atoms with E-state index in [1.807, 2.05) is 27.7 Å². The molecule has 0 radical (unpaired) electrons. The van der Waals surface area contributed by atoms with E-state index in [0.717, 1.165) is 12.6 Å². The van der Waals surface area contributed by atoms with Gasteiger partial charge in [-0.1, -0.05) is 45.9 Å². The number of hydrogen-bond acceptors (Lipinski definition) is 2. The quantitative estimate of drug-likeness (QED) is 0.800. The molecule has 0 atom stereocenters. The smallest absolute Gasteiger partial charge is 0.318 e. The van der Waals surface area contributed by atoms with Crippen molar-refractivity contribution in [3.8, 4) is 0 Å². The second-order valence-corrected chi connectivity index (χ2v) is 3.44. The molecule has 0 saturated carbocycles. The molecule has 0 spiro atoms. The fourth-order valence-electron chi connectivity index (χ4n) is 1.39. The first-order valence-electron chi connectivity index (χ1n) is 7.06. The molecule has 0 bridgehead atoms. The second kappa shape index (κ2) is 12.9. The Hall–Kier alpha value is -1.07. The van der Waals surface area contributed by atoms with Gasteiger partial charge in [-0.05, 0) is 18.7 Å². The molecule has 1 rings (SSSR count). The predicted molar refractivity (Wildman–Crippen MR) is 79.8 cm³/mol. The van der Waals surface area contributed by atoms with Gasteiger partial charge >= 0.3 is 6.18 Å². The maximum absolute atomic E-state index is 12.6. The summed E-state index contributed by atoms with van der Waals surface area (Å²) in [6, 6.07) is 5.62. The van der Waals surface area contributed by atoms with E-state index in [-0.39, 0.29) is 12.1 Å². The zero-order valence-electron chi connectivity index (χ0n) is 13.1. The van der Waals surface area contributed by atoms with Crippen LogP contribution in [-0.4, -0.2) is 20.1 Å². The summed E-state index contributed by atoms with van der Waals surface area (Å²) in [5.74, 6) is 0. The summed E-state index contributed by atoms with van der Waals surface area (Å²) in [6.45, 7) is 9.61. The maximum atomic E-state index is 12.6. The molecule has 2 N–H and O–H groups in total. The van der Waals surface area contributed by atoms with Gasteiger partial charge in [-0.15, -0.1) is 0 Å². The summed E-state index contributed by atoms with van der Waals surface area (Å²) in [5.41, 5.74) is -0.280. The summed E-state index contributed by atoms with van der Waals surface area (Å²) in [6.07, 6.45) is -4.28. The lowest BCUT2D eigenvalue weighted by atomic mass is 10.1.